The number of rotatable bonds is 5. The van der Waals surface area contributed by atoms with E-state index < -0.39 is 20.8 Å². The van der Waals surface area contributed by atoms with E-state index in [0.717, 1.165) is 18.2 Å². The summed E-state index contributed by atoms with van der Waals surface area (Å²) in [4.78, 5) is 12.4. The summed E-state index contributed by atoms with van der Waals surface area (Å²) in [6.45, 7) is 0.726. The van der Waals surface area contributed by atoms with Crippen LogP contribution in [0.1, 0.15) is 0 Å². The van der Waals surface area contributed by atoms with E-state index >= 15 is 0 Å². The van der Waals surface area contributed by atoms with Crippen LogP contribution in [0.4, 0.5) is 15.8 Å². The number of ether oxygens (including phenoxy) is 1. The Labute approximate surface area is 156 Å². The van der Waals surface area contributed by atoms with Crippen LogP contribution in [0, 0.1) is 15.9 Å². The molecule has 1 aliphatic rings. The van der Waals surface area contributed by atoms with Crippen molar-refractivity contribution in [1.29, 1.82) is 0 Å². The molecule has 1 saturated heterocycles. The average Bonchev–Trinajstić information content (AvgIpc) is 2.67. The van der Waals surface area contributed by atoms with Gasteiger partial charge in [-0.05, 0) is 30.3 Å². The van der Waals surface area contributed by atoms with Crippen LogP contribution < -0.4 is 9.64 Å². The largest absolute Gasteiger partial charge is 0.497 e. The molecule has 10 heteroatoms. The predicted molar refractivity (Wildman–Crippen MR) is 97.0 cm³/mol. The topological polar surface area (TPSA) is 93.0 Å². The molecule has 27 heavy (non-hydrogen) atoms. The summed E-state index contributed by atoms with van der Waals surface area (Å²) in [5.74, 6) is -0.0268. The van der Waals surface area contributed by atoms with Crippen molar-refractivity contribution in [2.24, 2.45) is 0 Å². The molecular weight excluding hydrogens is 377 g/mol. The van der Waals surface area contributed by atoms with E-state index in [1.165, 1.54) is 23.5 Å². The van der Waals surface area contributed by atoms with Crippen molar-refractivity contribution in [3.63, 3.8) is 0 Å². The van der Waals surface area contributed by atoms with Crippen LogP contribution in [0.2, 0.25) is 0 Å². The molecule has 0 saturated carbocycles. The molecule has 3 rings (SSSR count). The van der Waals surface area contributed by atoms with E-state index in [1.807, 2.05) is 0 Å². The quantitative estimate of drug-likeness (QED) is 0.569. The number of halogens is 1. The zero-order valence-electron chi connectivity index (χ0n) is 14.5. The summed E-state index contributed by atoms with van der Waals surface area (Å²) in [5.41, 5.74) is -0.0515. The summed E-state index contributed by atoms with van der Waals surface area (Å²) >= 11 is 0. The van der Waals surface area contributed by atoms with Crippen molar-refractivity contribution in [3.8, 4) is 5.75 Å². The maximum absolute atomic E-state index is 13.5. The van der Waals surface area contributed by atoms with Gasteiger partial charge in [0.1, 0.15) is 17.3 Å². The second-order valence-electron chi connectivity index (χ2n) is 5.96. The average molecular weight is 395 g/mol. The maximum atomic E-state index is 13.5. The van der Waals surface area contributed by atoms with Crippen LogP contribution in [-0.4, -0.2) is 50.9 Å². The number of sulfonamides is 1. The fraction of sp³-hybridized carbons (Fsp3) is 0.294. The lowest BCUT2D eigenvalue weighted by atomic mass is 10.2. The van der Waals surface area contributed by atoms with Gasteiger partial charge in [0.05, 0.1) is 16.9 Å². The molecule has 0 aliphatic carbocycles. The zero-order valence-corrected chi connectivity index (χ0v) is 15.4. The number of anilines is 1. The molecule has 0 atom stereocenters. The molecule has 0 radical (unpaired) electrons. The molecule has 8 nitrogen and oxygen atoms in total. The molecule has 0 aromatic heterocycles. The first-order valence-electron chi connectivity index (χ1n) is 8.16. The molecule has 144 valence electrons. The summed E-state index contributed by atoms with van der Waals surface area (Å²) in [5, 5.41) is 11.2. The smallest absolute Gasteiger partial charge is 0.292 e. The Morgan fingerprint density at radius 3 is 2.26 bits per heavy atom. The molecule has 0 N–H and O–H groups in total. The minimum Gasteiger partial charge on any atom is -0.497 e. The zero-order chi connectivity index (χ0) is 19.6. The highest BCUT2D eigenvalue weighted by molar-refractivity contribution is 7.89. The third-order valence-corrected chi connectivity index (χ3v) is 6.32. The summed E-state index contributed by atoms with van der Waals surface area (Å²) in [6, 6.07) is 9.33. The SMILES string of the molecule is COc1ccc(S(=O)(=O)N2CCN(c3cc(F)ccc3[N+](=O)[O-])CC2)cc1. The Bertz CT molecular complexity index is 942. The van der Waals surface area contributed by atoms with Gasteiger partial charge in [-0.3, -0.25) is 10.1 Å². The van der Waals surface area contributed by atoms with Crippen LogP contribution in [0.5, 0.6) is 5.75 Å². The fourth-order valence-corrected chi connectivity index (χ4v) is 4.39. The summed E-state index contributed by atoms with van der Waals surface area (Å²) < 4.78 is 45.4. The Morgan fingerprint density at radius 2 is 1.70 bits per heavy atom. The van der Waals surface area contributed by atoms with Crippen LogP contribution in [-0.2, 0) is 10.0 Å². The van der Waals surface area contributed by atoms with Crippen LogP contribution in [0.15, 0.2) is 47.4 Å². The minimum atomic E-state index is -3.68. The lowest BCUT2D eigenvalue weighted by molar-refractivity contribution is -0.384. The molecule has 0 bridgehead atoms. The number of hydrogen-bond acceptors (Lipinski definition) is 6. The Kier molecular flexibility index (Phi) is 5.29. The molecule has 2 aromatic carbocycles. The third-order valence-electron chi connectivity index (χ3n) is 4.41. The van der Waals surface area contributed by atoms with Crippen molar-refractivity contribution in [1.82, 2.24) is 4.31 Å². The van der Waals surface area contributed by atoms with E-state index in [9.17, 15) is 22.9 Å². The Balaban J connectivity index is 1.77. The van der Waals surface area contributed by atoms with Crippen molar-refractivity contribution in [3.05, 3.63) is 58.4 Å². The van der Waals surface area contributed by atoms with Crippen LogP contribution in [0.25, 0.3) is 0 Å². The van der Waals surface area contributed by atoms with Gasteiger partial charge in [-0.15, -0.1) is 0 Å². The van der Waals surface area contributed by atoms with Crippen molar-refractivity contribution >= 4 is 21.4 Å². The van der Waals surface area contributed by atoms with Gasteiger partial charge in [0.2, 0.25) is 10.0 Å². The van der Waals surface area contributed by atoms with Crippen LogP contribution in [0.3, 0.4) is 0 Å². The number of nitrogens with zero attached hydrogens (tertiary/aromatic N) is 3. The lowest BCUT2D eigenvalue weighted by Crippen LogP contribution is -2.48. The molecule has 1 heterocycles. The number of nitro benzene ring substituents is 1. The second kappa shape index (κ2) is 7.49. The van der Waals surface area contributed by atoms with Crippen LogP contribution >= 0.6 is 0 Å². The number of methoxy groups -OCH3 is 1. The van der Waals surface area contributed by atoms with Gasteiger partial charge in [0, 0.05) is 38.3 Å². The highest BCUT2D eigenvalue weighted by atomic mass is 32.2. The van der Waals surface area contributed by atoms with Crippen molar-refractivity contribution < 1.29 is 22.5 Å². The first-order chi connectivity index (χ1) is 12.8. The van der Waals surface area contributed by atoms with Gasteiger partial charge >= 0.3 is 0 Å². The maximum Gasteiger partial charge on any atom is 0.292 e. The van der Waals surface area contributed by atoms with Gasteiger partial charge in [-0.2, -0.15) is 4.31 Å². The van der Waals surface area contributed by atoms with Gasteiger partial charge in [-0.25, -0.2) is 12.8 Å². The molecule has 0 amide bonds. The number of benzene rings is 2. The Hall–Kier alpha value is -2.72. The molecule has 0 spiro atoms. The van der Waals surface area contributed by atoms with Gasteiger partial charge in [-0.1, -0.05) is 0 Å². The molecule has 1 fully saturated rings. The fourth-order valence-electron chi connectivity index (χ4n) is 2.97. The predicted octanol–water partition coefficient (Wildman–Crippen LogP) is 2.25. The minimum absolute atomic E-state index is 0.141. The highest BCUT2D eigenvalue weighted by Gasteiger charge is 2.30. The monoisotopic (exact) mass is 395 g/mol. The second-order valence-corrected chi connectivity index (χ2v) is 7.89. The highest BCUT2D eigenvalue weighted by Crippen LogP contribution is 2.30. The summed E-state index contributed by atoms with van der Waals surface area (Å²) in [7, 11) is -2.19. The standard InChI is InChI=1S/C17H18FN3O5S/c1-26-14-3-5-15(6-4-14)27(24,25)20-10-8-19(9-11-20)17-12-13(18)2-7-16(17)21(22)23/h2-7,12H,8-11H2,1H3. The number of piperazine rings is 1. The van der Waals surface area contributed by atoms with E-state index in [0.29, 0.717) is 5.75 Å². The van der Waals surface area contributed by atoms with E-state index in [-0.39, 0.29) is 42.4 Å². The lowest BCUT2D eigenvalue weighted by Gasteiger charge is -2.35. The first kappa shape index (κ1) is 19.1. The molecular formula is C17H18FN3O5S. The van der Waals surface area contributed by atoms with E-state index in [4.69, 9.17) is 4.74 Å². The number of nitro groups is 1. The first-order valence-corrected chi connectivity index (χ1v) is 9.60. The molecule has 1 aliphatic heterocycles. The van der Waals surface area contributed by atoms with Crippen molar-refractivity contribution in [2.45, 2.75) is 4.90 Å². The Morgan fingerprint density at radius 1 is 1.07 bits per heavy atom. The normalized spacial score (nSPS) is 15.6. The third kappa shape index (κ3) is 3.86. The van der Waals surface area contributed by atoms with Gasteiger partial charge in [0.25, 0.3) is 5.69 Å². The van der Waals surface area contributed by atoms with E-state index in [2.05, 4.69) is 0 Å². The van der Waals surface area contributed by atoms with E-state index in [1.54, 1.807) is 17.0 Å². The molecule has 0 unspecified atom stereocenters. The summed E-state index contributed by atoms with van der Waals surface area (Å²) in [6.07, 6.45) is 0. The van der Waals surface area contributed by atoms with Crippen molar-refractivity contribution in [2.75, 3.05) is 38.2 Å². The van der Waals surface area contributed by atoms with Gasteiger partial charge < -0.3 is 9.64 Å². The molecule has 2 aromatic rings. The number of hydrogen-bond donors (Lipinski definition) is 0. The van der Waals surface area contributed by atoms with Gasteiger partial charge in [0.15, 0.2) is 0 Å².